The summed E-state index contributed by atoms with van der Waals surface area (Å²) in [4.78, 5) is 38.7. The highest BCUT2D eigenvalue weighted by molar-refractivity contribution is 6.09. The molecule has 1 atom stereocenters. The topological polar surface area (TPSA) is 85.4 Å². The summed E-state index contributed by atoms with van der Waals surface area (Å²) in [6.07, 6.45) is 4.93. The minimum atomic E-state index is -0.784. The smallest absolute Gasteiger partial charge is 0.308 e. The molecule has 0 N–H and O–H groups in total. The van der Waals surface area contributed by atoms with Gasteiger partial charge in [0.2, 0.25) is 11.6 Å². The lowest BCUT2D eigenvalue weighted by molar-refractivity contribution is -0.125. The number of carbonyl (C=O) groups is 2. The third-order valence-electron chi connectivity index (χ3n) is 4.51. The molecule has 7 heteroatoms. The number of aromatic nitrogens is 2. The normalized spacial score (nSPS) is 17.4. The van der Waals surface area contributed by atoms with E-state index in [-0.39, 0.29) is 17.5 Å². The molecule has 0 saturated heterocycles. The third-order valence-corrected chi connectivity index (χ3v) is 4.51. The van der Waals surface area contributed by atoms with E-state index in [0.717, 1.165) is 32.1 Å². The summed E-state index contributed by atoms with van der Waals surface area (Å²) < 4.78 is 5.85. The molecule has 0 aliphatic heterocycles. The molecule has 2 rings (SSSR count). The lowest BCUT2D eigenvalue weighted by Crippen LogP contribution is -2.33. The van der Waals surface area contributed by atoms with Crippen LogP contribution in [0.3, 0.4) is 0 Å². The Kier molecular flexibility index (Phi) is 5.87. The van der Waals surface area contributed by atoms with Crippen LogP contribution in [0.1, 0.15) is 49.6 Å². The van der Waals surface area contributed by atoms with Crippen molar-refractivity contribution in [2.24, 2.45) is 11.8 Å². The van der Waals surface area contributed by atoms with Crippen LogP contribution in [0.4, 0.5) is 0 Å². The minimum Gasteiger partial charge on any atom is -0.308 e. The first-order valence-corrected chi connectivity index (χ1v) is 8.21. The van der Waals surface area contributed by atoms with E-state index < -0.39 is 17.5 Å². The summed E-state index contributed by atoms with van der Waals surface area (Å²) in [5.74, 6) is -2.00. The first-order valence-electron chi connectivity index (χ1n) is 8.21. The average molecular weight is 323 g/mol. The van der Waals surface area contributed by atoms with Gasteiger partial charge in [0, 0.05) is 19.0 Å². The fraction of sp³-hybridized carbons (Fsp3) is 0.750. The molecule has 1 fully saturated rings. The molecule has 1 aromatic rings. The van der Waals surface area contributed by atoms with Crippen LogP contribution in [-0.4, -0.2) is 46.8 Å². The fourth-order valence-electron chi connectivity index (χ4n) is 3.01. The van der Waals surface area contributed by atoms with E-state index in [1.807, 2.05) is 19.0 Å². The van der Waals surface area contributed by atoms with Gasteiger partial charge in [-0.2, -0.15) is 0 Å². The van der Waals surface area contributed by atoms with Crippen molar-refractivity contribution in [3.8, 4) is 0 Å². The average Bonchev–Trinajstić information content (AvgIpc) is 2.92. The van der Waals surface area contributed by atoms with Crippen molar-refractivity contribution in [3.63, 3.8) is 0 Å². The Morgan fingerprint density at radius 3 is 2.57 bits per heavy atom. The molecule has 128 valence electrons. The maximum Gasteiger partial charge on any atom is 0.441 e. The maximum atomic E-state index is 12.6. The number of Topliss-reactive ketones (excluding diaryl/α,β-unsaturated/α-hetero) is 2. The fourth-order valence-corrected chi connectivity index (χ4v) is 3.01. The molecule has 0 aromatic carbocycles. The van der Waals surface area contributed by atoms with Gasteiger partial charge in [0.15, 0.2) is 0 Å². The quantitative estimate of drug-likeness (QED) is 0.556. The number of carbonyl (C=O) groups excluding carboxylic acids is 2. The maximum absolute atomic E-state index is 12.6. The van der Waals surface area contributed by atoms with Crippen molar-refractivity contribution in [1.82, 2.24) is 14.6 Å². The molecule has 0 spiro atoms. The molecular formula is C16H25N3O4. The molecule has 0 amide bonds. The van der Waals surface area contributed by atoms with Crippen LogP contribution in [0, 0.1) is 11.8 Å². The van der Waals surface area contributed by atoms with Crippen molar-refractivity contribution < 1.29 is 14.1 Å². The van der Waals surface area contributed by atoms with Crippen LogP contribution >= 0.6 is 0 Å². The highest BCUT2D eigenvalue weighted by Gasteiger charge is 2.33. The Morgan fingerprint density at radius 1 is 1.30 bits per heavy atom. The van der Waals surface area contributed by atoms with Crippen LogP contribution in [0.5, 0.6) is 0 Å². The molecular weight excluding hydrogens is 298 g/mol. The van der Waals surface area contributed by atoms with Crippen molar-refractivity contribution in [2.45, 2.75) is 45.6 Å². The Hall–Kier alpha value is -1.76. The first-order chi connectivity index (χ1) is 10.9. The van der Waals surface area contributed by atoms with Gasteiger partial charge in [-0.15, -0.1) is 0 Å². The minimum absolute atomic E-state index is 0.0377. The molecule has 0 bridgehead atoms. The van der Waals surface area contributed by atoms with Gasteiger partial charge in [-0.1, -0.05) is 24.4 Å². The first kappa shape index (κ1) is 17.6. The van der Waals surface area contributed by atoms with Gasteiger partial charge < -0.3 is 4.90 Å². The lowest BCUT2D eigenvalue weighted by Gasteiger charge is -2.22. The van der Waals surface area contributed by atoms with Crippen LogP contribution in [-0.2, 0) is 11.3 Å². The van der Waals surface area contributed by atoms with Crippen LogP contribution < -0.4 is 5.76 Å². The number of rotatable bonds is 7. The SMILES string of the molecule is C[C@@H](C(=O)c1noc(=O)n1CCN(C)C)C(=O)C1CCCCC1. The highest BCUT2D eigenvalue weighted by Crippen LogP contribution is 2.27. The standard InChI is InChI=1S/C16H25N3O4/c1-11(13(20)12-7-5-4-6-8-12)14(21)15-17-23-16(22)19(15)10-9-18(2)3/h11-12H,4-10H2,1-3H3/t11-/m1/s1. The molecule has 1 heterocycles. The van der Waals surface area contributed by atoms with E-state index in [4.69, 9.17) is 0 Å². The van der Waals surface area contributed by atoms with Gasteiger partial charge in [0.25, 0.3) is 0 Å². The Labute approximate surface area is 135 Å². The summed E-state index contributed by atoms with van der Waals surface area (Å²) in [6, 6.07) is 0. The van der Waals surface area contributed by atoms with E-state index in [2.05, 4.69) is 9.68 Å². The van der Waals surface area contributed by atoms with Gasteiger partial charge in [0.1, 0.15) is 5.78 Å². The number of hydrogen-bond donors (Lipinski definition) is 0. The molecule has 1 saturated carbocycles. The second-order valence-corrected chi connectivity index (χ2v) is 6.55. The summed E-state index contributed by atoms with van der Waals surface area (Å²) in [5, 5.41) is 3.60. The second-order valence-electron chi connectivity index (χ2n) is 6.55. The molecule has 1 aromatic heterocycles. The Bertz CT molecular complexity index is 611. The predicted octanol–water partition coefficient (Wildman–Crippen LogP) is 1.37. The number of hydrogen-bond acceptors (Lipinski definition) is 6. The summed E-state index contributed by atoms with van der Waals surface area (Å²) >= 11 is 0. The summed E-state index contributed by atoms with van der Waals surface area (Å²) in [6.45, 7) is 2.49. The van der Waals surface area contributed by atoms with Gasteiger partial charge in [-0.25, -0.2) is 4.79 Å². The third kappa shape index (κ3) is 4.16. The van der Waals surface area contributed by atoms with Crippen molar-refractivity contribution in [3.05, 3.63) is 16.4 Å². The van der Waals surface area contributed by atoms with Crippen LogP contribution in [0.15, 0.2) is 9.32 Å². The zero-order valence-electron chi connectivity index (χ0n) is 14.1. The summed E-state index contributed by atoms with van der Waals surface area (Å²) in [5.41, 5.74) is 0. The van der Waals surface area contributed by atoms with Crippen LogP contribution in [0.2, 0.25) is 0 Å². The van der Waals surface area contributed by atoms with Gasteiger partial charge in [0.05, 0.1) is 5.92 Å². The van der Waals surface area contributed by atoms with E-state index in [9.17, 15) is 14.4 Å². The van der Waals surface area contributed by atoms with Gasteiger partial charge >= 0.3 is 5.76 Å². The van der Waals surface area contributed by atoms with E-state index in [1.165, 1.54) is 4.57 Å². The molecule has 23 heavy (non-hydrogen) atoms. The van der Waals surface area contributed by atoms with Crippen LogP contribution in [0.25, 0.3) is 0 Å². The second kappa shape index (κ2) is 7.68. The zero-order valence-corrected chi connectivity index (χ0v) is 14.1. The molecule has 0 radical (unpaired) electrons. The van der Waals surface area contributed by atoms with E-state index >= 15 is 0 Å². The zero-order chi connectivity index (χ0) is 17.0. The van der Waals surface area contributed by atoms with E-state index in [1.54, 1.807) is 6.92 Å². The lowest BCUT2D eigenvalue weighted by atomic mass is 9.81. The highest BCUT2D eigenvalue weighted by atomic mass is 16.5. The Balaban J connectivity index is 2.12. The van der Waals surface area contributed by atoms with Crippen molar-refractivity contribution >= 4 is 11.6 Å². The Morgan fingerprint density at radius 2 is 1.96 bits per heavy atom. The monoisotopic (exact) mass is 323 g/mol. The predicted molar refractivity (Wildman–Crippen MR) is 84.4 cm³/mol. The number of likely N-dealkylation sites (N-methyl/N-ethyl adjacent to an activating group) is 1. The molecule has 7 nitrogen and oxygen atoms in total. The summed E-state index contributed by atoms with van der Waals surface area (Å²) in [7, 11) is 3.74. The van der Waals surface area contributed by atoms with Gasteiger partial charge in [-0.3, -0.25) is 18.7 Å². The largest absolute Gasteiger partial charge is 0.441 e. The van der Waals surface area contributed by atoms with E-state index in [0.29, 0.717) is 13.1 Å². The van der Waals surface area contributed by atoms with Gasteiger partial charge in [-0.05, 0) is 33.9 Å². The molecule has 1 aliphatic rings. The van der Waals surface area contributed by atoms with Crippen molar-refractivity contribution in [2.75, 3.05) is 20.6 Å². The number of nitrogens with zero attached hydrogens (tertiary/aromatic N) is 3. The molecule has 0 unspecified atom stereocenters. The number of ketones is 2. The van der Waals surface area contributed by atoms with Crippen molar-refractivity contribution in [1.29, 1.82) is 0 Å². The molecule has 1 aliphatic carbocycles.